The lowest BCUT2D eigenvalue weighted by atomic mass is 10.1. The SMILES string of the molecule is Cc1ccccc1C(=O)NCc1ccc(-c2nn(C3CCc4ccccc43)c3ncnc(N)c23)cc1. The molecule has 1 unspecified atom stereocenters. The van der Waals surface area contributed by atoms with Crippen molar-refractivity contribution in [2.75, 3.05) is 5.73 Å². The first-order valence-corrected chi connectivity index (χ1v) is 12.1. The molecule has 0 radical (unpaired) electrons. The molecule has 1 atom stereocenters. The van der Waals surface area contributed by atoms with Crippen LogP contribution in [0.2, 0.25) is 0 Å². The number of fused-ring (bicyclic) bond motifs is 2. The number of amides is 1. The number of carbonyl (C=O) groups is 1. The molecule has 1 aliphatic rings. The maximum Gasteiger partial charge on any atom is 0.251 e. The van der Waals surface area contributed by atoms with Crippen LogP contribution in [0.5, 0.6) is 0 Å². The molecule has 7 nitrogen and oxygen atoms in total. The highest BCUT2D eigenvalue weighted by atomic mass is 16.1. The second-order valence-corrected chi connectivity index (χ2v) is 9.20. The van der Waals surface area contributed by atoms with E-state index in [4.69, 9.17) is 10.8 Å². The van der Waals surface area contributed by atoms with Crippen molar-refractivity contribution in [2.24, 2.45) is 0 Å². The zero-order valence-corrected chi connectivity index (χ0v) is 20.0. The van der Waals surface area contributed by atoms with E-state index in [1.54, 1.807) is 0 Å². The van der Waals surface area contributed by atoms with Gasteiger partial charge >= 0.3 is 0 Å². The van der Waals surface area contributed by atoms with E-state index in [9.17, 15) is 4.79 Å². The molecular formula is C29H26N6O. The second-order valence-electron chi connectivity index (χ2n) is 9.20. The first kappa shape index (κ1) is 22.0. The molecule has 0 bridgehead atoms. The van der Waals surface area contributed by atoms with E-state index in [-0.39, 0.29) is 11.9 Å². The lowest BCUT2D eigenvalue weighted by Crippen LogP contribution is -2.23. The van der Waals surface area contributed by atoms with Gasteiger partial charge in [0, 0.05) is 17.7 Å². The Kier molecular flexibility index (Phi) is 5.45. The molecule has 0 spiro atoms. The van der Waals surface area contributed by atoms with Gasteiger partial charge in [-0.15, -0.1) is 0 Å². The van der Waals surface area contributed by atoms with Crippen LogP contribution in [-0.4, -0.2) is 25.7 Å². The van der Waals surface area contributed by atoms with Crippen LogP contribution in [0.4, 0.5) is 5.82 Å². The smallest absolute Gasteiger partial charge is 0.251 e. The summed E-state index contributed by atoms with van der Waals surface area (Å²) in [5.74, 6) is 0.339. The Balaban J connectivity index is 1.30. The van der Waals surface area contributed by atoms with Gasteiger partial charge < -0.3 is 11.1 Å². The van der Waals surface area contributed by atoms with Gasteiger partial charge in [-0.05, 0) is 48.1 Å². The summed E-state index contributed by atoms with van der Waals surface area (Å²) in [6, 6.07) is 24.2. The molecule has 6 rings (SSSR count). The molecule has 2 heterocycles. The van der Waals surface area contributed by atoms with Gasteiger partial charge in [0.2, 0.25) is 0 Å². The lowest BCUT2D eigenvalue weighted by Gasteiger charge is -2.13. The van der Waals surface area contributed by atoms with Crippen LogP contribution < -0.4 is 11.1 Å². The molecule has 36 heavy (non-hydrogen) atoms. The monoisotopic (exact) mass is 474 g/mol. The van der Waals surface area contributed by atoms with Crippen LogP contribution in [0.3, 0.4) is 0 Å². The molecule has 1 amide bonds. The van der Waals surface area contributed by atoms with E-state index >= 15 is 0 Å². The van der Waals surface area contributed by atoms with Gasteiger partial charge in [0.1, 0.15) is 17.8 Å². The summed E-state index contributed by atoms with van der Waals surface area (Å²) in [4.78, 5) is 21.4. The van der Waals surface area contributed by atoms with Gasteiger partial charge in [0.15, 0.2) is 5.65 Å². The molecule has 0 aliphatic heterocycles. The van der Waals surface area contributed by atoms with Gasteiger partial charge in [-0.25, -0.2) is 14.6 Å². The maximum absolute atomic E-state index is 12.6. The molecule has 5 aromatic rings. The van der Waals surface area contributed by atoms with Crippen molar-refractivity contribution in [1.29, 1.82) is 0 Å². The van der Waals surface area contributed by atoms with Crippen LogP contribution in [0, 0.1) is 6.92 Å². The van der Waals surface area contributed by atoms with Crippen molar-refractivity contribution in [2.45, 2.75) is 32.4 Å². The van der Waals surface area contributed by atoms with Crippen molar-refractivity contribution >= 4 is 22.8 Å². The topological polar surface area (TPSA) is 98.7 Å². The third-order valence-electron chi connectivity index (χ3n) is 6.98. The van der Waals surface area contributed by atoms with E-state index < -0.39 is 0 Å². The Hall–Kier alpha value is -4.52. The molecule has 1 aliphatic carbocycles. The fraction of sp³-hybridized carbons (Fsp3) is 0.172. The van der Waals surface area contributed by atoms with E-state index in [2.05, 4.69) is 39.6 Å². The van der Waals surface area contributed by atoms with E-state index in [0.29, 0.717) is 17.9 Å². The first-order valence-electron chi connectivity index (χ1n) is 12.1. The molecule has 3 N–H and O–H groups in total. The number of nitrogens with zero attached hydrogens (tertiary/aromatic N) is 4. The summed E-state index contributed by atoms with van der Waals surface area (Å²) in [6.45, 7) is 2.37. The Morgan fingerprint density at radius 3 is 2.64 bits per heavy atom. The number of nitrogens with two attached hydrogens (primary N) is 1. The van der Waals surface area contributed by atoms with Crippen molar-refractivity contribution in [1.82, 2.24) is 25.1 Å². The fourth-order valence-corrected chi connectivity index (χ4v) is 5.09. The van der Waals surface area contributed by atoms with Gasteiger partial charge in [0.05, 0.1) is 11.4 Å². The minimum absolute atomic E-state index is 0.0799. The number of nitrogen functional groups attached to an aromatic ring is 1. The molecule has 0 saturated carbocycles. The molecule has 2 aromatic heterocycles. The molecular weight excluding hydrogens is 448 g/mol. The average Bonchev–Trinajstić information content (AvgIpc) is 3.50. The predicted molar refractivity (Wildman–Crippen MR) is 140 cm³/mol. The minimum atomic E-state index is -0.0799. The fourth-order valence-electron chi connectivity index (χ4n) is 5.09. The average molecular weight is 475 g/mol. The highest BCUT2D eigenvalue weighted by molar-refractivity contribution is 5.98. The summed E-state index contributed by atoms with van der Waals surface area (Å²) in [7, 11) is 0. The molecule has 7 heteroatoms. The van der Waals surface area contributed by atoms with Crippen LogP contribution >= 0.6 is 0 Å². The van der Waals surface area contributed by atoms with Gasteiger partial charge in [-0.2, -0.15) is 5.10 Å². The molecule has 3 aromatic carbocycles. The zero-order valence-electron chi connectivity index (χ0n) is 20.0. The predicted octanol–water partition coefficient (Wildman–Crippen LogP) is 4.85. The van der Waals surface area contributed by atoms with E-state index in [1.165, 1.54) is 17.5 Å². The Morgan fingerprint density at radius 1 is 1.03 bits per heavy atom. The number of carbonyl (C=O) groups excluding carboxylic acids is 1. The second kappa shape index (κ2) is 8.92. The summed E-state index contributed by atoms with van der Waals surface area (Å²) in [5, 5.41) is 8.79. The normalized spacial score (nSPS) is 14.6. The third kappa shape index (κ3) is 3.79. The largest absolute Gasteiger partial charge is 0.383 e. The van der Waals surface area contributed by atoms with Gasteiger partial charge in [-0.1, -0.05) is 66.7 Å². The van der Waals surface area contributed by atoms with E-state index in [1.807, 2.05) is 60.1 Å². The molecule has 0 saturated heterocycles. The number of rotatable bonds is 5. The number of benzene rings is 3. The zero-order chi connectivity index (χ0) is 24.6. The number of hydrogen-bond donors (Lipinski definition) is 2. The van der Waals surface area contributed by atoms with Crippen LogP contribution in [0.1, 0.15) is 45.1 Å². The number of hydrogen-bond acceptors (Lipinski definition) is 5. The maximum atomic E-state index is 12.6. The highest BCUT2D eigenvalue weighted by Crippen LogP contribution is 2.38. The number of aryl methyl sites for hydroxylation is 2. The minimum Gasteiger partial charge on any atom is -0.383 e. The summed E-state index contributed by atoms with van der Waals surface area (Å²) in [5.41, 5.74) is 14.1. The van der Waals surface area contributed by atoms with Crippen molar-refractivity contribution < 1.29 is 4.79 Å². The van der Waals surface area contributed by atoms with Crippen molar-refractivity contribution in [3.63, 3.8) is 0 Å². The molecule has 0 fully saturated rings. The number of aromatic nitrogens is 4. The van der Waals surface area contributed by atoms with Crippen LogP contribution in [0.15, 0.2) is 79.1 Å². The standard InChI is InChI=1S/C29H26N6O/c1-18-6-2-4-8-22(18)29(36)31-16-19-10-12-21(13-11-19)26-25-27(30)32-17-33-28(25)35(34-26)24-15-14-20-7-3-5-9-23(20)24/h2-13,17,24H,14-16H2,1H3,(H,31,36)(H2,30,32,33). The van der Waals surface area contributed by atoms with Crippen molar-refractivity contribution in [3.05, 3.63) is 107 Å². The van der Waals surface area contributed by atoms with E-state index in [0.717, 1.165) is 46.3 Å². The number of anilines is 1. The van der Waals surface area contributed by atoms with Gasteiger partial charge in [0.25, 0.3) is 5.91 Å². The van der Waals surface area contributed by atoms with Crippen LogP contribution in [-0.2, 0) is 13.0 Å². The van der Waals surface area contributed by atoms with Crippen LogP contribution in [0.25, 0.3) is 22.3 Å². The first-order chi connectivity index (χ1) is 17.6. The Labute approximate surface area is 209 Å². The summed E-state index contributed by atoms with van der Waals surface area (Å²) in [6.07, 6.45) is 3.49. The lowest BCUT2D eigenvalue weighted by molar-refractivity contribution is 0.0950. The van der Waals surface area contributed by atoms with Gasteiger partial charge in [-0.3, -0.25) is 4.79 Å². The number of nitrogens with one attached hydrogen (secondary N) is 1. The Morgan fingerprint density at radius 2 is 1.81 bits per heavy atom. The Bertz CT molecular complexity index is 1590. The summed E-state index contributed by atoms with van der Waals surface area (Å²) < 4.78 is 2.00. The summed E-state index contributed by atoms with van der Waals surface area (Å²) >= 11 is 0. The quantitative estimate of drug-likeness (QED) is 0.379. The molecule has 178 valence electrons. The highest BCUT2D eigenvalue weighted by Gasteiger charge is 2.28. The van der Waals surface area contributed by atoms with Crippen molar-refractivity contribution in [3.8, 4) is 11.3 Å². The third-order valence-corrected chi connectivity index (χ3v) is 6.98.